The van der Waals surface area contributed by atoms with Crippen molar-refractivity contribution in [1.29, 1.82) is 0 Å². The lowest BCUT2D eigenvalue weighted by atomic mass is 10.0. The van der Waals surface area contributed by atoms with Crippen LogP contribution in [-0.4, -0.2) is 34.0 Å². The zero-order valence-corrected chi connectivity index (χ0v) is 16.8. The van der Waals surface area contributed by atoms with Crippen LogP contribution in [0.15, 0.2) is 53.6 Å². The Kier molecular flexibility index (Phi) is 5.34. The van der Waals surface area contributed by atoms with E-state index >= 15 is 0 Å². The molecule has 150 valence electrons. The highest BCUT2D eigenvalue weighted by atomic mass is 16.5. The van der Waals surface area contributed by atoms with E-state index in [1.165, 1.54) is 4.57 Å². The molecule has 6 heteroatoms. The van der Waals surface area contributed by atoms with E-state index in [4.69, 9.17) is 4.74 Å². The van der Waals surface area contributed by atoms with Crippen LogP contribution in [0.5, 0.6) is 5.75 Å². The molecule has 1 fully saturated rings. The van der Waals surface area contributed by atoms with Gasteiger partial charge in [0.1, 0.15) is 5.75 Å². The molecule has 0 radical (unpaired) electrons. The highest BCUT2D eigenvalue weighted by Gasteiger charge is 2.29. The predicted octanol–water partition coefficient (Wildman–Crippen LogP) is 3.47. The quantitative estimate of drug-likeness (QED) is 0.668. The van der Waals surface area contributed by atoms with Crippen molar-refractivity contribution < 1.29 is 9.53 Å². The van der Waals surface area contributed by atoms with Crippen LogP contribution in [0.3, 0.4) is 0 Å². The molecular formula is C23H25N3O3. The van der Waals surface area contributed by atoms with E-state index in [9.17, 15) is 9.59 Å². The van der Waals surface area contributed by atoms with Crippen LogP contribution in [0.2, 0.25) is 0 Å². The molecule has 2 aromatic carbocycles. The smallest absolute Gasteiger partial charge is 0.261 e. The van der Waals surface area contributed by atoms with E-state index in [1.54, 1.807) is 19.5 Å². The zero-order valence-electron chi connectivity index (χ0n) is 16.8. The summed E-state index contributed by atoms with van der Waals surface area (Å²) in [4.78, 5) is 32.0. The second kappa shape index (κ2) is 8.07. The Morgan fingerprint density at radius 1 is 1.21 bits per heavy atom. The van der Waals surface area contributed by atoms with Crippen LogP contribution < -0.4 is 10.3 Å². The van der Waals surface area contributed by atoms with Gasteiger partial charge in [0.25, 0.3) is 5.56 Å². The molecular weight excluding hydrogens is 366 g/mol. The van der Waals surface area contributed by atoms with Crippen molar-refractivity contribution in [3.63, 3.8) is 0 Å². The van der Waals surface area contributed by atoms with Gasteiger partial charge in [-0.2, -0.15) is 0 Å². The van der Waals surface area contributed by atoms with Gasteiger partial charge >= 0.3 is 0 Å². The van der Waals surface area contributed by atoms with Crippen molar-refractivity contribution in [2.45, 2.75) is 38.8 Å². The standard InChI is InChI=1S/C23H25N3O3/c1-16-5-3-6-19-22(16)24-15-25(23(19)28)14-12-21(27)26-13-4-7-20(26)17-8-10-18(29-2)11-9-17/h3,5-6,8-11,15,20H,4,7,12-14H2,1-2H3. The number of fused-ring (bicyclic) bond motifs is 1. The van der Waals surface area contributed by atoms with Gasteiger partial charge in [0.2, 0.25) is 5.91 Å². The molecule has 1 aliphatic rings. The summed E-state index contributed by atoms with van der Waals surface area (Å²) in [6.07, 6.45) is 3.77. The van der Waals surface area contributed by atoms with Gasteiger partial charge < -0.3 is 9.64 Å². The van der Waals surface area contributed by atoms with Gasteiger partial charge in [-0.3, -0.25) is 14.2 Å². The predicted molar refractivity (Wildman–Crippen MR) is 112 cm³/mol. The Balaban J connectivity index is 1.48. The molecule has 0 bridgehead atoms. The topological polar surface area (TPSA) is 64.4 Å². The molecule has 0 spiro atoms. The Morgan fingerprint density at radius 2 is 2.00 bits per heavy atom. The Hall–Kier alpha value is -3.15. The first-order valence-electron chi connectivity index (χ1n) is 9.96. The monoisotopic (exact) mass is 391 g/mol. The van der Waals surface area contributed by atoms with Gasteiger partial charge in [-0.15, -0.1) is 0 Å². The van der Waals surface area contributed by atoms with Crippen molar-refractivity contribution in [1.82, 2.24) is 14.5 Å². The van der Waals surface area contributed by atoms with Gasteiger partial charge in [0.05, 0.1) is 30.4 Å². The molecule has 0 aliphatic carbocycles. The molecule has 4 rings (SSSR count). The van der Waals surface area contributed by atoms with Gasteiger partial charge in [0.15, 0.2) is 0 Å². The number of amides is 1. The summed E-state index contributed by atoms with van der Waals surface area (Å²) in [6.45, 7) is 3.02. The van der Waals surface area contributed by atoms with Crippen LogP contribution in [0, 0.1) is 6.92 Å². The van der Waals surface area contributed by atoms with Gasteiger partial charge in [-0.05, 0) is 49.1 Å². The molecule has 1 amide bonds. The lowest BCUT2D eigenvalue weighted by molar-refractivity contribution is -0.132. The summed E-state index contributed by atoms with van der Waals surface area (Å²) < 4.78 is 6.76. The molecule has 1 aromatic heterocycles. The minimum absolute atomic E-state index is 0.0690. The average Bonchev–Trinajstić information content (AvgIpc) is 3.24. The number of carbonyl (C=O) groups is 1. The fourth-order valence-electron chi connectivity index (χ4n) is 4.09. The van der Waals surface area contributed by atoms with E-state index in [1.807, 2.05) is 48.2 Å². The van der Waals surface area contributed by atoms with Crippen LogP contribution in [-0.2, 0) is 11.3 Å². The van der Waals surface area contributed by atoms with Crippen molar-refractivity contribution in [3.8, 4) is 5.75 Å². The largest absolute Gasteiger partial charge is 0.497 e. The molecule has 0 saturated carbocycles. The third kappa shape index (κ3) is 3.75. The zero-order chi connectivity index (χ0) is 20.4. The maximum Gasteiger partial charge on any atom is 0.261 e. The third-order valence-electron chi connectivity index (χ3n) is 5.70. The molecule has 6 nitrogen and oxygen atoms in total. The second-order valence-corrected chi connectivity index (χ2v) is 7.48. The Bertz CT molecular complexity index is 1090. The van der Waals surface area contributed by atoms with Crippen LogP contribution >= 0.6 is 0 Å². The van der Waals surface area contributed by atoms with Crippen LogP contribution in [0.1, 0.15) is 36.4 Å². The summed E-state index contributed by atoms with van der Waals surface area (Å²) in [5.41, 5.74) is 2.72. The van der Waals surface area contributed by atoms with Crippen LogP contribution in [0.4, 0.5) is 0 Å². The molecule has 3 aromatic rings. The second-order valence-electron chi connectivity index (χ2n) is 7.48. The summed E-state index contributed by atoms with van der Waals surface area (Å²) in [6, 6.07) is 13.6. The van der Waals surface area contributed by atoms with E-state index in [-0.39, 0.29) is 23.9 Å². The van der Waals surface area contributed by atoms with Crippen molar-refractivity contribution in [3.05, 3.63) is 70.3 Å². The number of nitrogens with zero attached hydrogens (tertiary/aromatic N) is 3. The fraction of sp³-hybridized carbons (Fsp3) is 0.348. The minimum Gasteiger partial charge on any atom is -0.497 e. The number of carbonyl (C=O) groups excluding carboxylic acids is 1. The highest BCUT2D eigenvalue weighted by Crippen LogP contribution is 2.33. The molecule has 29 heavy (non-hydrogen) atoms. The molecule has 1 aliphatic heterocycles. The van der Waals surface area contributed by atoms with E-state index in [0.717, 1.165) is 41.8 Å². The highest BCUT2D eigenvalue weighted by molar-refractivity contribution is 5.80. The number of benzene rings is 2. The summed E-state index contributed by atoms with van der Waals surface area (Å²) in [5, 5.41) is 0.595. The average molecular weight is 391 g/mol. The van der Waals surface area contributed by atoms with Crippen molar-refractivity contribution >= 4 is 16.8 Å². The normalized spacial score (nSPS) is 16.3. The number of hydrogen-bond acceptors (Lipinski definition) is 4. The number of hydrogen-bond donors (Lipinski definition) is 0. The van der Waals surface area contributed by atoms with Gasteiger partial charge in [0, 0.05) is 19.5 Å². The first kappa shape index (κ1) is 19.2. The summed E-state index contributed by atoms with van der Waals surface area (Å²) >= 11 is 0. The molecule has 1 saturated heterocycles. The number of para-hydroxylation sites is 1. The van der Waals surface area contributed by atoms with Crippen molar-refractivity contribution in [2.75, 3.05) is 13.7 Å². The number of ether oxygens (including phenoxy) is 1. The number of rotatable bonds is 5. The number of methoxy groups -OCH3 is 1. The minimum atomic E-state index is -0.0976. The number of likely N-dealkylation sites (tertiary alicyclic amines) is 1. The fourth-order valence-corrected chi connectivity index (χ4v) is 4.09. The molecule has 1 unspecified atom stereocenters. The molecule has 1 atom stereocenters. The number of aryl methyl sites for hydroxylation is 2. The SMILES string of the molecule is COc1ccc(C2CCCN2C(=O)CCn2cnc3c(C)cccc3c2=O)cc1. The van der Waals surface area contributed by atoms with E-state index < -0.39 is 0 Å². The summed E-state index contributed by atoms with van der Waals surface area (Å²) in [5.74, 6) is 0.877. The van der Waals surface area contributed by atoms with Gasteiger partial charge in [-0.1, -0.05) is 24.3 Å². The Labute approximate surface area is 169 Å². The van der Waals surface area contributed by atoms with E-state index in [2.05, 4.69) is 4.98 Å². The molecule has 0 N–H and O–H groups in total. The Morgan fingerprint density at radius 3 is 2.76 bits per heavy atom. The maximum atomic E-state index is 12.9. The van der Waals surface area contributed by atoms with Crippen LogP contribution in [0.25, 0.3) is 10.9 Å². The molecule has 2 heterocycles. The lowest BCUT2D eigenvalue weighted by Crippen LogP contribution is -2.32. The third-order valence-corrected chi connectivity index (χ3v) is 5.70. The van der Waals surface area contributed by atoms with E-state index in [0.29, 0.717) is 11.9 Å². The first-order valence-corrected chi connectivity index (χ1v) is 9.96. The maximum absolute atomic E-state index is 12.9. The summed E-state index contributed by atoms with van der Waals surface area (Å²) in [7, 11) is 1.64. The first-order chi connectivity index (χ1) is 14.1. The van der Waals surface area contributed by atoms with Gasteiger partial charge in [-0.25, -0.2) is 4.98 Å². The van der Waals surface area contributed by atoms with Crippen molar-refractivity contribution in [2.24, 2.45) is 0 Å². The lowest BCUT2D eigenvalue weighted by Gasteiger charge is -2.25. The number of aromatic nitrogens is 2.